The number of carbonyl (C=O) groups excluding carboxylic acids is 2. The van der Waals surface area contributed by atoms with E-state index < -0.39 is 0 Å². The van der Waals surface area contributed by atoms with Crippen molar-refractivity contribution < 1.29 is 24.2 Å². The van der Waals surface area contributed by atoms with Crippen LogP contribution in [0, 0.1) is 0 Å². The topological polar surface area (TPSA) is 115 Å². The molecule has 182 valence electrons. The maximum atomic E-state index is 13.1. The van der Waals surface area contributed by atoms with Crippen molar-refractivity contribution >= 4 is 28.5 Å². The molecule has 1 aromatic carbocycles. The van der Waals surface area contributed by atoms with Crippen molar-refractivity contribution in [1.82, 2.24) is 14.9 Å². The van der Waals surface area contributed by atoms with Crippen LogP contribution in [0.4, 0.5) is 5.69 Å². The number of amides is 2. The lowest BCUT2D eigenvalue weighted by molar-refractivity contribution is 0.0830. The Kier molecular flexibility index (Phi) is 8.61. The third kappa shape index (κ3) is 5.73. The number of nitrogens with zero attached hydrogens (tertiary/aromatic N) is 2. The van der Waals surface area contributed by atoms with Gasteiger partial charge in [-0.3, -0.25) is 9.59 Å². The fourth-order valence-electron chi connectivity index (χ4n) is 3.61. The first kappa shape index (κ1) is 25.2. The van der Waals surface area contributed by atoms with E-state index in [9.17, 15) is 9.59 Å². The minimum atomic E-state index is -0.323. The number of aromatic nitrogens is 2. The summed E-state index contributed by atoms with van der Waals surface area (Å²) in [7, 11) is 1.77. The van der Waals surface area contributed by atoms with Gasteiger partial charge in [0.05, 0.1) is 42.7 Å². The Morgan fingerprint density at radius 1 is 1.15 bits per heavy atom. The smallest absolute Gasteiger partial charge is 0.271 e. The van der Waals surface area contributed by atoms with Crippen molar-refractivity contribution in [3.05, 3.63) is 53.3 Å². The summed E-state index contributed by atoms with van der Waals surface area (Å²) >= 11 is 0. The maximum absolute atomic E-state index is 13.1. The van der Waals surface area contributed by atoms with Crippen LogP contribution in [-0.2, 0) is 18.2 Å². The molecule has 0 radical (unpaired) electrons. The molecular weight excluding hydrogens is 436 g/mol. The normalized spacial score (nSPS) is 11.1. The number of ether oxygens (including phenoxy) is 2. The molecule has 0 spiro atoms. The lowest BCUT2D eigenvalue weighted by atomic mass is 10.1. The third-order valence-corrected chi connectivity index (χ3v) is 5.15. The Morgan fingerprint density at radius 2 is 1.88 bits per heavy atom. The Hall–Kier alpha value is -3.43. The minimum Gasteiger partial charge on any atom is -0.488 e. The standard InChI is InChI=1S/C25H32N4O5/c1-5-19-20(28-24(31)17-9-7-6-8-10-17)15-18-22(34-16(2)3)21(29(4)23(18)27-19)25(32)26-11-13-33-14-12-30/h6-10,15-16,30H,5,11-14H2,1-4H3,(H,26,32)(H,28,31). The fourth-order valence-corrected chi connectivity index (χ4v) is 3.61. The molecule has 2 aromatic heterocycles. The van der Waals surface area contributed by atoms with Crippen LogP contribution < -0.4 is 15.4 Å². The van der Waals surface area contributed by atoms with Crippen LogP contribution in [0.3, 0.4) is 0 Å². The highest BCUT2D eigenvalue weighted by molar-refractivity contribution is 6.07. The van der Waals surface area contributed by atoms with Gasteiger partial charge in [0, 0.05) is 19.2 Å². The van der Waals surface area contributed by atoms with E-state index in [-0.39, 0.29) is 44.3 Å². The number of carbonyl (C=O) groups is 2. The van der Waals surface area contributed by atoms with Crippen molar-refractivity contribution in [3.8, 4) is 5.75 Å². The summed E-state index contributed by atoms with van der Waals surface area (Å²) in [6, 6.07) is 10.8. The molecule has 2 amide bonds. The monoisotopic (exact) mass is 468 g/mol. The van der Waals surface area contributed by atoms with Gasteiger partial charge in [-0.1, -0.05) is 25.1 Å². The number of pyridine rings is 1. The number of anilines is 1. The van der Waals surface area contributed by atoms with E-state index in [2.05, 4.69) is 10.6 Å². The number of aliphatic hydroxyl groups is 1. The fraction of sp³-hybridized carbons (Fsp3) is 0.400. The number of fused-ring (bicyclic) bond motifs is 1. The van der Waals surface area contributed by atoms with Crippen LogP contribution in [0.5, 0.6) is 5.75 Å². The van der Waals surface area contributed by atoms with Crippen LogP contribution in [-0.4, -0.2) is 58.9 Å². The second-order valence-electron chi connectivity index (χ2n) is 8.02. The number of benzene rings is 1. The van der Waals surface area contributed by atoms with E-state index in [0.717, 1.165) is 0 Å². The number of rotatable bonds is 11. The molecule has 9 nitrogen and oxygen atoms in total. The lowest BCUT2D eigenvalue weighted by Gasteiger charge is -2.13. The Morgan fingerprint density at radius 3 is 2.53 bits per heavy atom. The first-order valence-corrected chi connectivity index (χ1v) is 11.4. The molecule has 9 heteroatoms. The van der Waals surface area contributed by atoms with Gasteiger partial charge in [0.2, 0.25) is 0 Å². The highest BCUT2D eigenvalue weighted by Gasteiger charge is 2.26. The van der Waals surface area contributed by atoms with Crippen LogP contribution in [0.2, 0.25) is 0 Å². The van der Waals surface area contributed by atoms with Gasteiger partial charge in [-0.25, -0.2) is 4.98 Å². The highest BCUT2D eigenvalue weighted by atomic mass is 16.5. The molecule has 0 unspecified atom stereocenters. The SMILES string of the molecule is CCc1nc2c(cc1NC(=O)c1ccccc1)c(OC(C)C)c(C(=O)NCCOCCO)n2C. The van der Waals surface area contributed by atoms with Gasteiger partial charge >= 0.3 is 0 Å². The summed E-state index contributed by atoms with van der Waals surface area (Å²) in [6.45, 7) is 6.44. The van der Waals surface area contributed by atoms with Crippen LogP contribution in [0.25, 0.3) is 11.0 Å². The van der Waals surface area contributed by atoms with Crippen LogP contribution in [0.15, 0.2) is 36.4 Å². The van der Waals surface area contributed by atoms with Gasteiger partial charge < -0.3 is 29.8 Å². The lowest BCUT2D eigenvalue weighted by Crippen LogP contribution is -2.29. The van der Waals surface area contributed by atoms with Crippen LogP contribution in [0.1, 0.15) is 47.3 Å². The van der Waals surface area contributed by atoms with E-state index in [1.165, 1.54) is 0 Å². The molecule has 0 fully saturated rings. The predicted molar refractivity (Wildman–Crippen MR) is 130 cm³/mol. The van der Waals surface area contributed by atoms with Crippen LogP contribution >= 0.6 is 0 Å². The zero-order valence-electron chi connectivity index (χ0n) is 20.1. The Balaban J connectivity index is 2.00. The highest BCUT2D eigenvalue weighted by Crippen LogP contribution is 2.35. The number of hydrogen-bond donors (Lipinski definition) is 3. The molecule has 3 N–H and O–H groups in total. The first-order valence-electron chi connectivity index (χ1n) is 11.4. The maximum Gasteiger partial charge on any atom is 0.271 e. The number of aliphatic hydroxyl groups excluding tert-OH is 1. The summed E-state index contributed by atoms with van der Waals surface area (Å²) in [5, 5.41) is 15.2. The van der Waals surface area contributed by atoms with Crippen molar-refractivity contribution in [2.75, 3.05) is 31.7 Å². The quantitative estimate of drug-likeness (QED) is 0.373. The van der Waals surface area contributed by atoms with Gasteiger partial charge in [-0.15, -0.1) is 0 Å². The summed E-state index contributed by atoms with van der Waals surface area (Å²) in [5.41, 5.74) is 2.75. The van der Waals surface area contributed by atoms with Gasteiger partial charge in [0.25, 0.3) is 11.8 Å². The molecule has 0 aliphatic carbocycles. The first-order chi connectivity index (χ1) is 16.4. The van der Waals surface area contributed by atoms with E-state index in [0.29, 0.717) is 45.8 Å². The second-order valence-corrected chi connectivity index (χ2v) is 8.02. The molecule has 0 bridgehead atoms. The van der Waals surface area contributed by atoms with Crippen molar-refractivity contribution in [2.24, 2.45) is 7.05 Å². The minimum absolute atomic E-state index is 0.0713. The van der Waals surface area contributed by atoms with E-state index in [4.69, 9.17) is 19.6 Å². The molecule has 0 saturated carbocycles. The molecule has 3 rings (SSSR count). The van der Waals surface area contributed by atoms with E-state index in [1.807, 2.05) is 45.0 Å². The zero-order chi connectivity index (χ0) is 24.7. The Bertz CT molecular complexity index is 1140. The summed E-state index contributed by atoms with van der Waals surface area (Å²) in [4.78, 5) is 30.6. The summed E-state index contributed by atoms with van der Waals surface area (Å²) in [6.07, 6.45) is 0.411. The zero-order valence-corrected chi connectivity index (χ0v) is 20.1. The Labute approximate surface area is 199 Å². The largest absolute Gasteiger partial charge is 0.488 e. The van der Waals surface area contributed by atoms with Gasteiger partial charge in [-0.05, 0) is 38.5 Å². The van der Waals surface area contributed by atoms with Crippen molar-refractivity contribution in [1.29, 1.82) is 0 Å². The van der Waals surface area contributed by atoms with Gasteiger partial charge in [0.15, 0.2) is 11.4 Å². The van der Waals surface area contributed by atoms with Gasteiger partial charge in [-0.2, -0.15) is 0 Å². The molecule has 34 heavy (non-hydrogen) atoms. The van der Waals surface area contributed by atoms with Crippen molar-refractivity contribution in [2.45, 2.75) is 33.3 Å². The predicted octanol–water partition coefficient (Wildman–Crippen LogP) is 2.91. The van der Waals surface area contributed by atoms with E-state index >= 15 is 0 Å². The average Bonchev–Trinajstić information content (AvgIpc) is 3.08. The number of hydrogen-bond acceptors (Lipinski definition) is 6. The molecule has 0 atom stereocenters. The van der Waals surface area contributed by atoms with E-state index in [1.54, 1.807) is 23.7 Å². The molecule has 2 heterocycles. The van der Waals surface area contributed by atoms with Gasteiger partial charge in [0.1, 0.15) is 5.65 Å². The molecule has 0 aliphatic heterocycles. The second kappa shape index (κ2) is 11.6. The average molecular weight is 469 g/mol. The summed E-state index contributed by atoms with van der Waals surface area (Å²) < 4.78 is 13.0. The molecule has 0 aliphatic rings. The number of nitrogens with one attached hydrogen (secondary N) is 2. The molecular formula is C25H32N4O5. The van der Waals surface area contributed by atoms with Crippen molar-refractivity contribution in [3.63, 3.8) is 0 Å². The third-order valence-electron chi connectivity index (χ3n) is 5.15. The molecule has 3 aromatic rings. The molecule has 0 saturated heterocycles. The number of aryl methyl sites for hydroxylation is 2. The summed E-state index contributed by atoms with van der Waals surface area (Å²) in [5.74, 6) is -0.150.